The van der Waals surface area contributed by atoms with Crippen LogP contribution in [0.2, 0.25) is 0 Å². The van der Waals surface area contributed by atoms with Crippen molar-refractivity contribution in [2.45, 2.75) is 6.92 Å². The summed E-state index contributed by atoms with van der Waals surface area (Å²) in [5.41, 5.74) is 5.22. The van der Waals surface area contributed by atoms with E-state index in [-0.39, 0.29) is 0 Å². The number of hydrogen-bond donors (Lipinski definition) is 0. The maximum atomic E-state index is 9.16. The molecule has 0 aliphatic heterocycles. The highest BCUT2D eigenvalue weighted by molar-refractivity contribution is 5.56. The minimum atomic E-state index is 0.582. The first-order valence-electron chi connectivity index (χ1n) is 7.95. The average molecular weight is 317 g/mol. The normalized spacial score (nSPS) is 9.12. The first-order valence-corrected chi connectivity index (χ1v) is 7.95. The molecule has 0 bridgehead atoms. The number of nitrogens with zero attached hydrogens (tertiary/aromatic N) is 1. The van der Waals surface area contributed by atoms with Crippen molar-refractivity contribution in [2.75, 3.05) is 0 Å². The molecule has 0 saturated heterocycles. The third-order valence-electron chi connectivity index (χ3n) is 3.67. The molecule has 3 aromatic carbocycles. The molecule has 0 atom stereocenters. The quantitative estimate of drug-likeness (QED) is 0.553. The molecule has 1 heteroatoms. The third-order valence-corrected chi connectivity index (χ3v) is 3.67. The summed E-state index contributed by atoms with van der Waals surface area (Å²) in [7, 11) is 0. The van der Waals surface area contributed by atoms with Gasteiger partial charge >= 0.3 is 0 Å². The van der Waals surface area contributed by atoms with Gasteiger partial charge in [-0.1, -0.05) is 60.1 Å². The van der Waals surface area contributed by atoms with E-state index in [9.17, 15) is 0 Å². The number of rotatable bonds is 0. The summed E-state index contributed by atoms with van der Waals surface area (Å²) in [6.45, 7) is 2.05. The topological polar surface area (TPSA) is 23.8 Å². The molecule has 0 fully saturated rings. The lowest BCUT2D eigenvalue weighted by atomic mass is 10.1. The molecule has 0 radical (unpaired) electrons. The third kappa shape index (κ3) is 4.17. The molecule has 116 valence electrons. The largest absolute Gasteiger partial charge is 0.192 e. The van der Waals surface area contributed by atoms with E-state index in [2.05, 4.69) is 48.8 Å². The number of benzene rings is 3. The van der Waals surface area contributed by atoms with Crippen LogP contribution in [0.5, 0.6) is 0 Å². The van der Waals surface area contributed by atoms with E-state index in [1.807, 2.05) is 54.6 Å². The van der Waals surface area contributed by atoms with Crippen molar-refractivity contribution in [3.63, 3.8) is 0 Å². The maximum Gasteiger partial charge on any atom is 0.100 e. The maximum absolute atomic E-state index is 9.16. The van der Waals surface area contributed by atoms with E-state index in [1.54, 1.807) is 6.07 Å². The van der Waals surface area contributed by atoms with Crippen molar-refractivity contribution in [2.24, 2.45) is 0 Å². The zero-order chi connectivity index (χ0) is 17.5. The second kappa shape index (κ2) is 7.70. The Bertz CT molecular complexity index is 1080. The second-order valence-corrected chi connectivity index (χ2v) is 5.57. The Hall–Kier alpha value is -3.73. The fraction of sp³-hybridized carbons (Fsp3) is 0.0417. The summed E-state index contributed by atoms with van der Waals surface area (Å²) in [5, 5.41) is 9.16. The number of hydrogen-bond acceptors (Lipinski definition) is 1. The first kappa shape index (κ1) is 16.1. The summed E-state index contributed by atoms with van der Waals surface area (Å²) in [6, 6.07) is 25.4. The molecule has 3 rings (SSSR count). The van der Waals surface area contributed by atoms with E-state index in [1.165, 1.54) is 5.56 Å². The molecular weight excluding hydrogens is 302 g/mol. The van der Waals surface area contributed by atoms with Gasteiger partial charge in [-0.15, -0.1) is 0 Å². The molecule has 0 spiro atoms. The molecule has 0 unspecified atom stereocenters. The molecule has 25 heavy (non-hydrogen) atoms. The van der Waals surface area contributed by atoms with Gasteiger partial charge in [-0.2, -0.15) is 5.26 Å². The van der Waals surface area contributed by atoms with Crippen LogP contribution < -0.4 is 0 Å². The molecule has 0 heterocycles. The van der Waals surface area contributed by atoms with Crippen LogP contribution in [0.4, 0.5) is 0 Å². The van der Waals surface area contributed by atoms with Crippen LogP contribution in [0.1, 0.15) is 33.4 Å². The first-order chi connectivity index (χ1) is 12.3. The Balaban J connectivity index is 1.96. The molecule has 0 N–H and O–H groups in total. The lowest BCUT2D eigenvalue weighted by molar-refractivity contribution is 1.45. The van der Waals surface area contributed by atoms with Gasteiger partial charge in [0, 0.05) is 22.3 Å². The van der Waals surface area contributed by atoms with Gasteiger partial charge < -0.3 is 0 Å². The second-order valence-electron chi connectivity index (χ2n) is 5.57. The fourth-order valence-corrected chi connectivity index (χ4v) is 2.39. The summed E-state index contributed by atoms with van der Waals surface area (Å²) in [4.78, 5) is 0. The Labute approximate surface area is 148 Å². The molecule has 1 nitrogen and oxygen atoms in total. The van der Waals surface area contributed by atoms with E-state index >= 15 is 0 Å². The van der Waals surface area contributed by atoms with Gasteiger partial charge in [0.1, 0.15) is 6.07 Å². The van der Waals surface area contributed by atoms with Gasteiger partial charge in [-0.25, -0.2) is 0 Å². The van der Waals surface area contributed by atoms with Gasteiger partial charge in [0.25, 0.3) is 0 Å². The SMILES string of the molecule is Cc1cccc(C#Cc2ccccc2C#Cc2ccccc2C#N)c1. The lowest BCUT2D eigenvalue weighted by Crippen LogP contribution is -1.85. The van der Waals surface area contributed by atoms with Crippen molar-refractivity contribution in [1.82, 2.24) is 0 Å². The smallest absolute Gasteiger partial charge is 0.100 e. The lowest BCUT2D eigenvalue weighted by Gasteiger charge is -1.97. The monoisotopic (exact) mass is 317 g/mol. The molecule has 0 aliphatic rings. The Morgan fingerprint density at radius 1 is 0.600 bits per heavy atom. The molecule has 0 aliphatic carbocycles. The summed E-state index contributed by atoms with van der Waals surface area (Å²) in [5.74, 6) is 12.6. The van der Waals surface area contributed by atoms with Crippen molar-refractivity contribution in [3.8, 4) is 29.8 Å². The van der Waals surface area contributed by atoms with Crippen LogP contribution >= 0.6 is 0 Å². The van der Waals surface area contributed by atoms with Gasteiger partial charge in [0.15, 0.2) is 0 Å². The highest BCUT2D eigenvalue weighted by Crippen LogP contribution is 2.09. The highest BCUT2D eigenvalue weighted by atomic mass is 14.2. The zero-order valence-corrected chi connectivity index (χ0v) is 13.9. The van der Waals surface area contributed by atoms with Crippen molar-refractivity contribution in [1.29, 1.82) is 5.26 Å². The van der Waals surface area contributed by atoms with Crippen molar-refractivity contribution >= 4 is 0 Å². The van der Waals surface area contributed by atoms with Crippen LogP contribution in [-0.2, 0) is 0 Å². The zero-order valence-electron chi connectivity index (χ0n) is 13.9. The Kier molecular flexibility index (Phi) is 4.97. The Morgan fingerprint density at radius 2 is 1.12 bits per heavy atom. The van der Waals surface area contributed by atoms with E-state index in [4.69, 9.17) is 5.26 Å². The van der Waals surface area contributed by atoms with E-state index in [0.29, 0.717) is 5.56 Å². The van der Waals surface area contributed by atoms with E-state index in [0.717, 1.165) is 22.3 Å². The minimum absolute atomic E-state index is 0.582. The van der Waals surface area contributed by atoms with Gasteiger partial charge in [-0.3, -0.25) is 0 Å². The van der Waals surface area contributed by atoms with Crippen LogP contribution in [-0.4, -0.2) is 0 Å². The van der Waals surface area contributed by atoms with Gasteiger partial charge in [0.05, 0.1) is 5.56 Å². The molecule has 0 amide bonds. The predicted molar refractivity (Wildman–Crippen MR) is 101 cm³/mol. The summed E-state index contributed by atoms with van der Waals surface area (Å²) in [6.07, 6.45) is 0. The molecular formula is C24H15N. The predicted octanol–water partition coefficient (Wildman–Crippen LogP) is 4.67. The fourth-order valence-electron chi connectivity index (χ4n) is 2.39. The van der Waals surface area contributed by atoms with Crippen LogP contribution in [0, 0.1) is 41.9 Å². The van der Waals surface area contributed by atoms with Crippen molar-refractivity contribution < 1.29 is 0 Å². The Morgan fingerprint density at radius 3 is 1.68 bits per heavy atom. The average Bonchev–Trinajstić information content (AvgIpc) is 2.65. The van der Waals surface area contributed by atoms with Crippen LogP contribution in [0.15, 0.2) is 72.8 Å². The highest BCUT2D eigenvalue weighted by Gasteiger charge is 1.98. The molecule has 0 saturated carbocycles. The number of aryl methyl sites for hydroxylation is 1. The molecule has 0 aromatic heterocycles. The van der Waals surface area contributed by atoms with Gasteiger partial charge in [0.2, 0.25) is 0 Å². The van der Waals surface area contributed by atoms with Gasteiger partial charge in [-0.05, 0) is 48.9 Å². The standard InChI is InChI=1S/C24H15N/c1-19-7-6-8-20(17-19)13-14-21-9-2-3-10-22(21)15-16-23-11-4-5-12-24(23)18-25/h2-12,17H,1H3. The summed E-state index contributed by atoms with van der Waals surface area (Å²) >= 11 is 0. The van der Waals surface area contributed by atoms with E-state index < -0.39 is 0 Å². The van der Waals surface area contributed by atoms with Crippen molar-refractivity contribution in [3.05, 3.63) is 106 Å². The molecule has 3 aromatic rings. The number of nitriles is 1. The minimum Gasteiger partial charge on any atom is -0.192 e. The van der Waals surface area contributed by atoms with Crippen LogP contribution in [0.25, 0.3) is 0 Å². The van der Waals surface area contributed by atoms with Crippen LogP contribution in [0.3, 0.4) is 0 Å². The summed E-state index contributed by atoms with van der Waals surface area (Å²) < 4.78 is 0.